The standard InChI is InChI=1S/C2H11NP4/c1-5-7(2-4)6-3/h5-6H,2-4H2,1H3. The van der Waals surface area contributed by atoms with E-state index < -0.39 is 0 Å². The van der Waals surface area contributed by atoms with Crippen LogP contribution in [0.25, 0.3) is 0 Å². The third-order valence-electron chi connectivity index (χ3n) is 0.608. The van der Waals surface area contributed by atoms with Gasteiger partial charge in [-0.25, -0.2) is 0 Å². The maximum atomic E-state index is 5.44. The Morgan fingerprint density at radius 1 is 1.86 bits per heavy atom. The van der Waals surface area contributed by atoms with Gasteiger partial charge < -0.3 is 5.50 Å². The highest BCUT2D eigenvalue weighted by Crippen LogP contribution is 2.65. The average molecular weight is 173 g/mol. The molecule has 0 aromatic carbocycles. The van der Waals surface area contributed by atoms with Crippen LogP contribution in [0, 0.1) is 0 Å². The fourth-order valence-electron chi connectivity index (χ4n) is 0.209. The molecule has 7 heavy (non-hydrogen) atoms. The summed E-state index contributed by atoms with van der Waals surface area (Å²) in [6, 6.07) is 0. The monoisotopic (exact) mass is 173 g/mol. The average Bonchev–Trinajstić information content (AvgIpc) is 1.72. The molecule has 0 heterocycles. The Morgan fingerprint density at radius 2 is 2.43 bits per heavy atom. The molecule has 0 aliphatic carbocycles. The molecule has 0 saturated carbocycles. The quantitative estimate of drug-likeness (QED) is 0.648. The molecule has 44 valence electrons. The SMILES string of the molecule is CPP(CP)PN. The summed E-state index contributed by atoms with van der Waals surface area (Å²) in [5.74, 6) is 1.24. The molecule has 0 spiro atoms. The highest BCUT2D eigenvalue weighted by molar-refractivity contribution is 8.52. The van der Waals surface area contributed by atoms with E-state index in [1.54, 1.807) is 0 Å². The van der Waals surface area contributed by atoms with Crippen LogP contribution in [0.4, 0.5) is 0 Å². The van der Waals surface area contributed by atoms with Crippen LogP contribution in [0.5, 0.6) is 0 Å². The molecule has 0 saturated heterocycles. The van der Waals surface area contributed by atoms with Crippen LogP contribution in [0.15, 0.2) is 0 Å². The highest BCUT2D eigenvalue weighted by atomic mass is 32.4. The lowest BCUT2D eigenvalue weighted by atomic mass is 11.9. The van der Waals surface area contributed by atoms with Gasteiger partial charge in [-0.1, -0.05) is 8.27 Å². The first kappa shape index (κ1) is 8.68. The van der Waals surface area contributed by atoms with Crippen molar-refractivity contribution in [3.63, 3.8) is 0 Å². The van der Waals surface area contributed by atoms with E-state index in [0.717, 1.165) is 8.27 Å². The summed E-state index contributed by atoms with van der Waals surface area (Å²) in [5.41, 5.74) is 5.44. The fourth-order valence-corrected chi connectivity index (χ4v) is 5.63. The first-order chi connectivity index (χ1) is 3.35. The van der Waals surface area contributed by atoms with Crippen molar-refractivity contribution in [2.75, 3.05) is 12.6 Å². The third-order valence-corrected chi connectivity index (χ3v) is 11.9. The minimum absolute atomic E-state index is 0.242. The lowest BCUT2D eigenvalue weighted by Gasteiger charge is -2.06. The van der Waals surface area contributed by atoms with E-state index in [1.807, 2.05) is 0 Å². The largest absolute Gasteiger partial charge is 0.308 e. The topological polar surface area (TPSA) is 26.0 Å². The van der Waals surface area contributed by atoms with E-state index >= 15 is 0 Å². The highest BCUT2D eigenvalue weighted by Gasteiger charge is 1.95. The second kappa shape index (κ2) is 5.81. The molecule has 0 aromatic rings. The number of rotatable bonds is 3. The molecule has 1 nitrogen and oxygen atoms in total. The van der Waals surface area contributed by atoms with Gasteiger partial charge >= 0.3 is 0 Å². The van der Waals surface area contributed by atoms with Crippen LogP contribution in [-0.4, -0.2) is 12.6 Å². The van der Waals surface area contributed by atoms with Crippen LogP contribution in [0.1, 0.15) is 0 Å². The maximum absolute atomic E-state index is 5.44. The Labute approximate surface area is 51.9 Å². The second-order valence-corrected chi connectivity index (χ2v) is 10.7. The molecule has 4 unspecified atom stereocenters. The van der Waals surface area contributed by atoms with Crippen molar-refractivity contribution < 1.29 is 0 Å². The van der Waals surface area contributed by atoms with E-state index in [9.17, 15) is 0 Å². The summed E-state index contributed by atoms with van der Waals surface area (Å²) in [6.45, 7) is 2.23. The molecule has 4 atom stereocenters. The molecule has 0 amide bonds. The predicted molar refractivity (Wildman–Crippen MR) is 48.2 cm³/mol. The molecule has 0 bridgehead atoms. The van der Waals surface area contributed by atoms with Gasteiger partial charge in [-0.2, -0.15) is 0 Å². The van der Waals surface area contributed by atoms with Gasteiger partial charge in [0.2, 0.25) is 0 Å². The zero-order chi connectivity index (χ0) is 5.70. The van der Waals surface area contributed by atoms with Crippen molar-refractivity contribution in [3.05, 3.63) is 0 Å². The zero-order valence-electron chi connectivity index (χ0n) is 4.31. The van der Waals surface area contributed by atoms with Crippen LogP contribution in [0.2, 0.25) is 0 Å². The van der Waals surface area contributed by atoms with Gasteiger partial charge in [-0.05, 0) is 28.3 Å². The Hall–Kier alpha value is 1.68. The van der Waals surface area contributed by atoms with Gasteiger partial charge in [0.25, 0.3) is 0 Å². The molecule has 0 rings (SSSR count). The van der Waals surface area contributed by atoms with Crippen molar-refractivity contribution in [1.29, 1.82) is 0 Å². The van der Waals surface area contributed by atoms with E-state index in [2.05, 4.69) is 15.9 Å². The molecule has 2 N–H and O–H groups in total. The van der Waals surface area contributed by atoms with Crippen LogP contribution >= 0.6 is 33.2 Å². The summed E-state index contributed by atoms with van der Waals surface area (Å²) in [7, 11) is 4.77. The normalized spacial score (nSPS) is 17.6. The molecule has 0 aliphatic heterocycles. The van der Waals surface area contributed by atoms with Gasteiger partial charge in [-0.15, -0.1) is 9.24 Å². The summed E-state index contributed by atoms with van der Waals surface area (Å²) in [5, 5.41) is 0. The first-order valence-corrected chi connectivity index (χ1v) is 8.56. The summed E-state index contributed by atoms with van der Waals surface area (Å²) in [4.78, 5) is 0. The van der Waals surface area contributed by atoms with Gasteiger partial charge in [0.1, 0.15) is 0 Å². The van der Waals surface area contributed by atoms with E-state index in [1.165, 1.54) is 5.90 Å². The lowest BCUT2D eigenvalue weighted by molar-refractivity contribution is 2.04. The van der Waals surface area contributed by atoms with Crippen LogP contribution in [-0.2, 0) is 0 Å². The summed E-state index contributed by atoms with van der Waals surface area (Å²) < 4.78 is 0. The Balaban J connectivity index is 2.99. The number of nitrogens with two attached hydrogens (primary N) is 1. The minimum Gasteiger partial charge on any atom is -0.308 e. The third kappa shape index (κ3) is 4.20. The molecule has 0 aliphatic rings. The van der Waals surface area contributed by atoms with E-state index in [-0.39, 0.29) is 7.30 Å². The van der Waals surface area contributed by atoms with Crippen molar-refractivity contribution in [3.8, 4) is 0 Å². The number of hydrogen-bond acceptors (Lipinski definition) is 1. The van der Waals surface area contributed by atoms with Crippen molar-refractivity contribution in [1.82, 2.24) is 0 Å². The van der Waals surface area contributed by atoms with Gasteiger partial charge in [-0.3, -0.25) is 0 Å². The van der Waals surface area contributed by atoms with E-state index in [4.69, 9.17) is 5.50 Å². The van der Waals surface area contributed by atoms with Gasteiger partial charge in [0.15, 0.2) is 0 Å². The summed E-state index contributed by atoms with van der Waals surface area (Å²) >= 11 is 0. The fraction of sp³-hybridized carbons (Fsp3) is 1.00. The molecule has 0 fully saturated rings. The minimum atomic E-state index is 0.242. The predicted octanol–water partition coefficient (Wildman–Crippen LogP) is 1.99. The van der Waals surface area contributed by atoms with Crippen LogP contribution in [0.3, 0.4) is 0 Å². The lowest BCUT2D eigenvalue weighted by Crippen LogP contribution is -1.66. The maximum Gasteiger partial charge on any atom is -0.00918 e. The molecular formula is C2H11NP4. The second-order valence-electron chi connectivity index (χ2n) is 0.963. The Bertz CT molecular complexity index is 31.2. The molecular weight excluding hydrogens is 162 g/mol. The smallest absolute Gasteiger partial charge is 0.00918 e. The van der Waals surface area contributed by atoms with Crippen molar-refractivity contribution in [2.24, 2.45) is 5.50 Å². The number of hydrogen-bond donors (Lipinski definition) is 1. The molecule has 0 radical (unpaired) electrons. The zero-order valence-corrected chi connectivity index (χ0v) is 8.36. The Kier molecular flexibility index (Phi) is 7.20. The van der Waals surface area contributed by atoms with E-state index in [0.29, 0.717) is 8.42 Å². The van der Waals surface area contributed by atoms with Crippen molar-refractivity contribution in [2.45, 2.75) is 0 Å². The Morgan fingerprint density at radius 3 is 2.43 bits per heavy atom. The van der Waals surface area contributed by atoms with Gasteiger partial charge in [0.05, 0.1) is 0 Å². The van der Waals surface area contributed by atoms with Gasteiger partial charge in [0, 0.05) is 0 Å². The molecule has 0 aromatic heterocycles. The van der Waals surface area contributed by atoms with Crippen LogP contribution < -0.4 is 5.50 Å². The first-order valence-electron chi connectivity index (χ1n) is 1.96. The van der Waals surface area contributed by atoms with Crippen molar-refractivity contribution >= 4 is 33.2 Å². The molecule has 5 heteroatoms. The summed E-state index contributed by atoms with van der Waals surface area (Å²) in [6.07, 6.45) is 0.